The molecule has 2 rings (SSSR count). The summed E-state index contributed by atoms with van der Waals surface area (Å²) in [5.74, 6) is 5.37. The van der Waals surface area contributed by atoms with E-state index >= 15 is 0 Å². The maximum Gasteiger partial charge on any atom is 0.261 e. The van der Waals surface area contributed by atoms with Crippen molar-refractivity contribution in [3.8, 4) is 11.8 Å². The first-order chi connectivity index (χ1) is 9.74. The Hall–Kier alpha value is -1.35. The predicted molar refractivity (Wildman–Crippen MR) is 80.9 cm³/mol. The number of carbonyl (C=O) groups is 1. The van der Waals surface area contributed by atoms with Gasteiger partial charge in [0.25, 0.3) is 5.91 Å². The van der Waals surface area contributed by atoms with Crippen molar-refractivity contribution in [3.05, 3.63) is 21.9 Å². The molecule has 1 saturated heterocycles. The number of rotatable bonds is 4. The van der Waals surface area contributed by atoms with Gasteiger partial charge in [-0.25, -0.2) is 0 Å². The highest BCUT2D eigenvalue weighted by Crippen LogP contribution is 2.17. The lowest BCUT2D eigenvalue weighted by molar-refractivity contribution is 0.0945. The number of nitrogens with zero attached hydrogens (tertiary/aromatic N) is 1. The first kappa shape index (κ1) is 15.0. The maximum atomic E-state index is 12.1. The van der Waals surface area contributed by atoms with Crippen LogP contribution in [0.4, 0.5) is 0 Å². The largest absolute Gasteiger partial charge is 0.384 e. The van der Waals surface area contributed by atoms with Crippen LogP contribution >= 0.6 is 11.3 Å². The van der Waals surface area contributed by atoms with Gasteiger partial charge in [0.2, 0.25) is 0 Å². The molecule has 1 aromatic heterocycles. The highest BCUT2D eigenvalue weighted by molar-refractivity contribution is 7.14. The molecule has 1 aromatic rings. The van der Waals surface area contributed by atoms with Crippen LogP contribution in [-0.4, -0.2) is 48.2 Å². The van der Waals surface area contributed by atoms with Gasteiger partial charge in [0, 0.05) is 12.6 Å². The van der Waals surface area contributed by atoms with Gasteiger partial charge in [0.15, 0.2) is 0 Å². The van der Waals surface area contributed by atoms with Crippen molar-refractivity contribution in [3.63, 3.8) is 0 Å². The summed E-state index contributed by atoms with van der Waals surface area (Å²) < 4.78 is 0. The number of aliphatic hydroxyl groups excluding tert-OH is 1. The number of aliphatic hydroxyl groups is 1. The lowest BCUT2D eigenvalue weighted by Gasteiger charge is -2.22. The Labute approximate surface area is 123 Å². The molecule has 1 fully saturated rings. The van der Waals surface area contributed by atoms with E-state index in [0.717, 1.165) is 24.4 Å². The molecule has 1 aliphatic rings. The number of thiophene rings is 1. The van der Waals surface area contributed by atoms with E-state index in [2.05, 4.69) is 29.0 Å². The van der Waals surface area contributed by atoms with Crippen LogP contribution in [0.3, 0.4) is 0 Å². The highest BCUT2D eigenvalue weighted by Gasteiger charge is 2.23. The van der Waals surface area contributed by atoms with Crippen LogP contribution < -0.4 is 5.32 Å². The van der Waals surface area contributed by atoms with Gasteiger partial charge in [-0.15, -0.1) is 11.3 Å². The minimum absolute atomic E-state index is 0.0324. The lowest BCUT2D eigenvalue weighted by atomic mass is 10.2. The van der Waals surface area contributed by atoms with E-state index in [4.69, 9.17) is 5.11 Å². The van der Waals surface area contributed by atoms with Crippen molar-refractivity contribution < 1.29 is 9.90 Å². The SMILES string of the molecule is CCN1CCCC1CNC(=O)c1ccc(C#CCO)s1. The zero-order valence-electron chi connectivity index (χ0n) is 11.7. The van der Waals surface area contributed by atoms with E-state index in [9.17, 15) is 4.79 Å². The zero-order valence-corrected chi connectivity index (χ0v) is 12.5. The number of nitrogens with one attached hydrogen (secondary N) is 1. The second-order valence-electron chi connectivity index (χ2n) is 4.76. The fraction of sp³-hybridized carbons (Fsp3) is 0.533. The Balaban J connectivity index is 1.87. The molecule has 2 N–H and O–H groups in total. The smallest absolute Gasteiger partial charge is 0.261 e. The molecule has 1 aliphatic heterocycles. The summed E-state index contributed by atoms with van der Waals surface area (Å²) in [5.41, 5.74) is 0. The molecular formula is C15H20N2O2S. The Kier molecular flexibility index (Phi) is 5.60. The van der Waals surface area contributed by atoms with E-state index in [1.807, 2.05) is 6.07 Å². The summed E-state index contributed by atoms with van der Waals surface area (Å²) >= 11 is 1.36. The number of carbonyl (C=O) groups excluding carboxylic acids is 1. The van der Waals surface area contributed by atoms with Crippen molar-refractivity contribution in [2.75, 3.05) is 26.2 Å². The summed E-state index contributed by atoms with van der Waals surface area (Å²) in [7, 11) is 0. The van der Waals surface area contributed by atoms with E-state index in [1.54, 1.807) is 6.07 Å². The molecule has 0 aliphatic carbocycles. The maximum absolute atomic E-state index is 12.1. The number of hydrogen-bond donors (Lipinski definition) is 2. The second kappa shape index (κ2) is 7.44. The molecule has 1 unspecified atom stereocenters. The number of likely N-dealkylation sites (tertiary alicyclic amines) is 1. The minimum atomic E-state index is -0.159. The fourth-order valence-electron chi connectivity index (χ4n) is 2.49. The summed E-state index contributed by atoms with van der Waals surface area (Å²) in [6, 6.07) is 4.07. The molecule has 108 valence electrons. The van der Waals surface area contributed by atoms with Gasteiger partial charge in [-0.1, -0.05) is 18.8 Å². The van der Waals surface area contributed by atoms with E-state index in [0.29, 0.717) is 17.5 Å². The van der Waals surface area contributed by atoms with Gasteiger partial charge in [-0.05, 0) is 38.1 Å². The van der Waals surface area contributed by atoms with Crippen LogP contribution in [0.5, 0.6) is 0 Å². The average Bonchev–Trinajstić information content (AvgIpc) is 3.11. The summed E-state index contributed by atoms with van der Waals surface area (Å²) in [6.45, 7) is 4.89. The third-order valence-electron chi connectivity index (χ3n) is 3.52. The molecule has 0 bridgehead atoms. The second-order valence-corrected chi connectivity index (χ2v) is 5.84. The van der Waals surface area contributed by atoms with Crippen LogP contribution in [0.25, 0.3) is 0 Å². The van der Waals surface area contributed by atoms with Crippen LogP contribution in [0.2, 0.25) is 0 Å². The fourth-order valence-corrected chi connectivity index (χ4v) is 3.29. The van der Waals surface area contributed by atoms with Crippen molar-refractivity contribution in [2.45, 2.75) is 25.8 Å². The predicted octanol–water partition coefficient (Wildman–Crippen LogP) is 1.31. The van der Waals surface area contributed by atoms with Crippen LogP contribution in [-0.2, 0) is 0 Å². The monoisotopic (exact) mass is 292 g/mol. The van der Waals surface area contributed by atoms with Gasteiger partial charge in [-0.2, -0.15) is 0 Å². The van der Waals surface area contributed by atoms with Gasteiger partial charge in [0.1, 0.15) is 6.61 Å². The molecule has 0 saturated carbocycles. The number of likely N-dealkylation sites (N-methyl/N-ethyl adjacent to an activating group) is 1. The summed E-state index contributed by atoms with van der Waals surface area (Å²) in [4.78, 5) is 16.0. The molecule has 2 heterocycles. The van der Waals surface area contributed by atoms with Crippen molar-refractivity contribution in [2.24, 2.45) is 0 Å². The topological polar surface area (TPSA) is 52.6 Å². The van der Waals surface area contributed by atoms with Crippen molar-refractivity contribution in [1.29, 1.82) is 0 Å². The molecule has 5 heteroatoms. The van der Waals surface area contributed by atoms with E-state index in [-0.39, 0.29) is 12.5 Å². The van der Waals surface area contributed by atoms with E-state index in [1.165, 1.54) is 17.8 Å². The van der Waals surface area contributed by atoms with Gasteiger partial charge in [0.05, 0.1) is 9.75 Å². The van der Waals surface area contributed by atoms with Gasteiger partial charge < -0.3 is 10.4 Å². The summed E-state index contributed by atoms with van der Waals surface area (Å²) in [5, 5.41) is 11.7. The quantitative estimate of drug-likeness (QED) is 0.823. The molecule has 20 heavy (non-hydrogen) atoms. The Morgan fingerprint density at radius 1 is 1.60 bits per heavy atom. The highest BCUT2D eigenvalue weighted by atomic mass is 32.1. The Morgan fingerprint density at radius 3 is 3.20 bits per heavy atom. The standard InChI is InChI=1S/C15H20N2O2S/c1-2-17-9-3-5-12(17)11-16-15(19)14-8-7-13(20-14)6-4-10-18/h7-8,12,18H,2-3,5,9-11H2,1H3,(H,16,19). The van der Waals surface area contributed by atoms with Crippen LogP contribution in [0.15, 0.2) is 12.1 Å². The molecule has 0 radical (unpaired) electrons. The van der Waals surface area contributed by atoms with Crippen LogP contribution in [0, 0.1) is 11.8 Å². The molecule has 0 spiro atoms. The molecule has 0 aromatic carbocycles. The number of amides is 1. The van der Waals surface area contributed by atoms with Crippen molar-refractivity contribution in [1.82, 2.24) is 10.2 Å². The first-order valence-electron chi connectivity index (χ1n) is 6.96. The van der Waals surface area contributed by atoms with E-state index < -0.39 is 0 Å². The first-order valence-corrected chi connectivity index (χ1v) is 7.78. The molecular weight excluding hydrogens is 272 g/mol. The zero-order chi connectivity index (χ0) is 14.4. The normalized spacial score (nSPS) is 18.6. The number of hydrogen-bond acceptors (Lipinski definition) is 4. The molecule has 1 amide bonds. The van der Waals surface area contributed by atoms with Crippen LogP contribution in [0.1, 0.15) is 34.3 Å². The minimum Gasteiger partial charge on any atom is -0.384 e. The third kappa shape index (κ3) is 3.83. The molecule has 4 nitrogen and oxygen atoms in total. The van der Waals surface area contributed by atoms with Gasteiger partial charge in [-0.3, -0.25) is 9.69 Å². The van der Waals surface area contributed by atoms with Gasteiger partial charge >= 0.3 is 0 Å². The summed E-state index contributed by atoms with van der Waals surface area (Å²) in [6.07, 6.45) is 2.38. The lowest BCUT2D eigenvalue weighted by Crippen LogP contribution is -2.39. The van der Waals surface area contributed by atoms with Crippen molar-refractivity contribution >= 4 is 17.2 Å². The third-order valence-corrected chi connectivity index (χ3v) is 4.52. The molecule has 1 atom stereocenters. The Bertz CT molecular complexity index is 515. The average molecular weight is 292 g/mol. The Morgan fingerprint density at radius 2 is 2.45 bits per heavy atom.